The molecule has 0 saturated carbocycles. The molecule has 4 nitrogen and oxygen atoms in total. The van der Waals surface area contributed by atoms with E-state index in [4.69, 9.17) is 4.74 Å². The molecule has 0 spiro atoms. The molecule has 2 aliphatic rings. The molecule has 1 fully saturated rings. The maximum absolute atomic E-state index is 12.1. The molecule has 1 saturated heterocycles. The molecule has 0 aromatic heterocycles. The summed E-state index contributed by atoms with van der Waals surface area (Å²) in [4.78, 5) is 19.3. The SMILES string of the molecule is COc1ccc(/C=C2\SC(N3CCCC(C)C3)=NC2=O)cc1. The number of hydrogen-bond acceptors (Lipinski definition) is 4. The molecule has 1 unspecified atom stereocenters. The molecular weight excluding hydrogens is 296 g/mol. The average molecular weight is 316 g/mol. The standard InChI is InChI=1S/C17H20N2O2S/c1-12-4-3-9-19(11-12)17-18-16(20)15(22-17)10-13-5-7-14(21-2)8-6-13/h5-8,10,12H,3-4,9,11H2,1-2H3/b15-10-. The van der Waals surface area contributed by atoms with Gasteiger partial charge in [-0.2, -0.15) is 4.99 Å². The van der Waals surface area contributed by atoms with Crippen LogP contribution in [-0.2, 0) is 4.79 Å². The van der Waals surface area contributed by atoms with Crippen LogP contribution in [-0.4, -0.2) is 36.2 Å². The third-order valence-electron chi connectivity index (χ3n) is 3.95. The van der Waals surface area contributed by atoms with Crippen LogP contribution in [0.25, 0.3) is 6.08 Å². The molecule has 22 heavy (non-hydrogen) atoms. The van der Waals surface area contributed by atoms with E-state index in [0.717, 1.165) is 29.6 Å². The summed E-state index contributed by atoms with van der Waals surface area (Å²) in [5.74, 6) is 1.35. The molecule has 1 atom stereocenters. The number of likely N-dealkylation sites (tertiary alicyclic amines) is 1. The van der Waals surface area contributed by atoms with E-state index in [1.165, 1.54) is 24.6 Å². The van der Waals surface area contributed by atoms with Crippen LogP contribution < -0.4 is 4.74 Å². The van der Waals surface area contributed by atoms with Gasteiger partial charge in [-0.15, -0.1) is 0 Å². The lowest BCUT2D eigenvalue weighted by molar-refractivity contribution is -0.113. The first kappa shape index (κ1) is 15.2. The average Bonchev–Trinajstić information content (AvgIpc) is 2.89. The molecule has 1 amide bonds. The smallest absolute Gasteiger partial charge is 0.286 e. The zero-order valence-electron chi connectivity index (χ0n) is 12.9. The Hall–Kier alpha value is -1.75. The first-order valence-electron chi connectivity index (χ1n) is 7.57. The van der Waals surface area contributed by atoms with Crippen molar-refractivity contribution < 1.29 is 9.53 Å². The predicted molar refractivity (Wildman–Crippen MR) is 91.0 cm³/mol. The number of piperidine rings is 1. The molecule has 0 aliphatic carbocycles. The van der Waals surface area contributed by atoms with Gasteiger partial charge in [0.05, 0.1) is 12.0 Å². The number of amidine groups is 1. The molecule has 3 rings (SSSR count). The Morgan fingerprint density at radius 2 is 2.14 bits per heavy atom. The van der Waals surface area contributed by atoms with Crippen molar-refractivity contribution in [3.63, 3.8) is 0 Å². The van der Waals surface area contributed by atoms with E-state index in [1.807, 2.05) is 30.3 Å². The Morgan fingerprint density at radius 3 is 2.82 bits per heavy atom. The van der Waals surface area contributed by atoms with E-state index in [-0.39, 0.29) is 5.91 Å². The highest BCUT2D eigenvalue weighted by Gasteiger charge is 2.28. The van der Waals surface area contributed by atoms with Crippen LogP contribution >= 0.6 is 11.8 Å². The second kappa shape index (κ2) is 6.57. The Morgan fingerprint density at radius 1 is 1.36 bits per heavy atom. The minimum absolute atomic E-state index is 0.131. The second-order valence-electron chi connectivity index (χ2n) is 5.78. The highest BCUT2D eigenvalue weighted by molar-refractivity contribution is 8.18. The lowest BCUT2D eigenvalue weighted by atomic mass is 10.0. The van der Waals surface area contributed by atoms with Crippen molar-refractivity contribution in [2.75, 3.05) is 20.2 Å². The number of thioether (sulfide) groups is 1. The summed E-state index contributed by atoms with van der Waals surface area (Å²) in [6.07, 6.45) is 4.33. The topological polar surface area (TPSA) is 41.9 Å². The first-order chi connectivity index (χ1) is 10.7. The third kappa shape index (κ3) is 3.35. The van der Waals surface area contributed by atoms with Crippen molar-refractivity contribution in [1.82, 2.24) is 4.90 Å². The number of carbonyl (C=O) groups excluding carboxylic acids is 1. The largest absolute Gasteiger partial charge is 0.497 e. The van der Waals surface area contributed by atoms with Crippen LogP contribution in [0.3, 0.4) is 0 Å². The van der Waals surface area contributed by atoms with Gasteiger partial charge in [0.1, 0.15) is 5.75 Å². The Labute approximate surface area is 135 Å². The van der Waals surface area contributed by atoms with Gasteiger partial charge in [0.15, 0.2) is 5.17 Å². The second-order valence-corrected chi connectivity index (χ2v) is 6.79. The molecule has 0 radical (unpaired) electrons. The van der Waals surface area contributed by atoms with Crippen LogP contribution in [0.4, 0.5) is 0 Å². The minimum atomic E-state index is -0.131. The van der Waals surface area contributed by atoms with Crippen molar-refractivity contribution in [2.24, 2.45) is 10.9 Å². The van der Waals surface area contributed by atoms with Crippen molar-refractivity contribution in [3.8, 4) is 5.75 Å². The number of nitrogens with zero attached hydrogens (tertiary/aromatic N) is 2. The van der Waals surface area contributed by atoms with Gasteiger partial charge >= 0.3 is 0 Å². The van der Waals surface area contributed by atoms with Gasteiger partial charge < -0.3 is 9.64 Å². The maximum Gasteiger partial charge on any atom is 0.286 e. The van der Waals surface area contributed by atoms with Crippen molar-refractivity contribution >= 4 is 28.9 Å². The van der Waals surface area contributed by atoms with Crippen LogP contribution in [0.15, 0.2) is 34.2 Å². The van der Waals surface area contributed by atoms with Crippen LogP contribution in [0.2, 0.25) is 0 Å². The van der Waals surface area contributed by atoms with E-state index in [1.54, 1.807) is 7.11 Å². The summed E-state index contributed by atoms with van der Waals surface area (Å²) in [6, 6.07) is 7.68. The number of methoxy groups -OCH3 is 1. The number of ether oxygens (including phenoxy) is 1. The fourth-order valence-corrected chi connectivity index (χ4v) is 3.70. The zero-order valence-corrected chi connectivity index (χ0v) is 13.7. The molecule has 5 heteroatoms. The molecule has 1 aromatic carbocycles. The molecule has 116 valence electrons. The van der Waals surface area contributed by atoms with Crippen molar-refractivity contribution in [2.45, 2.75) is 19.8 Å². The summed E-state index contributed by atoms with van der Waals surface area (Å²) in [6.45, 7) is 4.25. The van der Waals surface area contributed by atoms with Gasteiger partial charge in [0, 0.05) is 13.1 Å². The number of carbonyl (C=O) groups is 1. The Kier molecular flexibility index (Phi) is 4.52. The summed E-state index contributed by atoms with van der Waals surface area (Å²) in [5, 5.41) is 0.858. The third-order valence-corrected chi connectivity index (χ3v) is 4.99. The number of benzene rings is 1. The highest BCUT2D eigenvalue weighted by Crippen LogP contribution is 2.32. The molecule has 0 N–H and O–H groups in total. The molecular formula is C17H20N2O2S. The molecule has 2 aliphatic heterocycles. The van der Waals surface area contributed by atoms with E-state index in [0.29, 0.717) is 10.8 Å². The van der Waals surface area contributed by atoms with Gasteiger partial charge in [0.25, 0.3) is 5.91 Å². The lowest BCUT2D eigenvalue weighted by Crippen LogP contribution is -2.37. The summed E-state index contributed by atoms with van der Waals surface area (Å²) >= 11 is 1.49. The van der Waals surface area contributed by atoms with E-state index in [9.17, 15) is 4.79 Å². The number of hydrogen-bond donors (Lipinski definition) is 0. The summed E-state index contributed by atoms with van der Waals surface area (Å²) in [7, 11) is 1.64. The van der Waals surface area contributed by atoms with Crippen molar-refractivity contribution in [1.29, 1.82) is 0 Å². The normalized spacial score (nSPS) is 23.8. The molecule has 1 aromatic rings. The quantitative estimate of drug-likeness (QED) is 0.784. The highest BCUT2D eigenvalue weighted by atomic mass is 32.2. The lowest BCUT2D eigenvalue weighted by Gasteiger charge is -2.31. The molecule has 2 heterocycles. The summed E-state index contributed by atoms with van der Waals surface area (Å²) in [5.41, 5.74) is 0.986. The van der Waals surface area contributed by atoms with E-state index >= 15 is 0 Å². The van der Waals surface area contributed by atoms with Gasteiger partial charge in [0.2, 0.25) is 0 Å². The number of amides is 1. The number of aliphatic imine (C=N–C) groups is 1. The van der Waals surface area contributed by atoms with Gasteiger partial charge in [-0.25, -0.2) is 0 Å². The van der Waals surface area contributed by atoms with Gasteiger partial charge in [-0.05, 0) is 54.3 Å². The predicted octanol–water partition coefficient (Wildman–Crippen LogP) is 3.40. The maximum atomic E-state index is 12.1. The van der Waals surface area contributed by atoms with E-state index < -0.39 is 0 Å². The van der Waals surface area contributed by atoms with Crippen LogP contribution in [0.1, 0.15) is 25.3 Å². The fraction of sp³-hybridized carbons (Fsp3) is 0.412. The van der Waals surface area contributed by atoms with Crippen LogP contribution in [0, 0.1) is 5.92 Å². The zero-order chi connectivity index (χ0) is 15.5. The van der Waals surface area contributed by atoms with Crippen molar-refractivity contribution in [3.05, 3.63) is 34.7 Å². The fourth-order valence-electron chi connectivity index (χ4n) is 2.75. The molecule has 0 bridgehead atoms. The van der Waals surface area contributed by atoms with Gasteiger partial charge in [-0.1, -0.05) is 19.1 Å². The van der Waals surface area contributed by atoms with Gasteiger partial charge in [-0.3, -0.25) is 4.79 Å². The first-order valence-corrected chi connectivity index (χ1v) is 8.39. The minimum Gasteiger partial charge on any atom is -0.497 e. The summed E-state index contributed by atoms with van der Waals surface area (Å²) < 4.78 is 5.14. The van der Waals surface area contributed by atoms with E-state index in [2.05, 4.69) is 16.8 Å². The Balaban J connectivity index is 1.72. The monoisotopic (exact) mass is 316 g/mol. The number of rotatable bonds is 2. The Bertz CT molecular complexity index is 622. The van der Waals surface area contributed by atoms with Crippen LogP contribution in [0.5, 0.6) is 5.75 Å².